The van der Waals surface area contributed by atoms with Crippen LogP contribution in [-0.2, 0) is 23.8 Å². The molecule has 1 spiro atoms. The Labute approximate surface area is 146 Å². The Hall–Kier alpha value is -1.40. The first kappa shape index (κ1) is 15.8. The van der Waals surface area contributed by atoms with Crippen LogP contribution in [0.25, 0.3) is 0 Å². The average molecular weight is 348 g/mol. The third-order valence-corrected chi connectivity index (χ3v) is 7.53. The first-order valence-electron chi connectivity index (χ1n) is 9.17. The molecule has 0 aromatic carbocycles. The number of hydrogen-bond acceptors (Lipinski definition) is 6. The predicted molar refractivity (Wildman–Crippen MR) is 85.2 cm³/mol. The summed E-state index contributed by atoms with van der Waals surface area (Å²) in [6, 6.07) is 0. The largest absolute Gasteiger partial charge is 0.459 e. The Morgan fingerprint density at radius 2 is 1.96 bits per heavy atom. The van der Waals surface area contributed by atoms with Crippen LogP contribution in [0.2, 0.25) is 0 Å². The van der Waals surface area contributed by atoms with Gasteiger partial charge in [-0.1, -0.05) is 20.8 Å². The summed E-state index contributed by atoms with van der Waals surface area (Å²) in [5.41, 5.74) is -1.11. The molecule has 2 unspecified atom stereocenters. The van der Waals surface area contributed by atoms with Gasteiger partial charge in [0.25, 0.3) is 0 Å². The third kappa shape index (κ3) is 1.51. The molecule has 4 fully saturated rings. The highest BCUT2D eigenvalue weighted by Gasteiger charge is 2.83. The summed E-state index contributed by atoms with van der Waals surface area (Å²) in [6.07, 6.45) is 0.983. The lowest BCUT2D eigenvalue weighted by Gasteiger charge is -2.55. The minimum atomic E-state index is -0.953. The van der Waals surface area contributed by atoms with Crippen molar-refractivity contribution >= 4 is 11.9 Å². The van der Waals surface area contributed by atoms with Crippen LogP contribution in [0.4, 0.5) is 0 Å². The SMILES string of the molecule is CC(C)[C@H]1OC(=O)C=C2C3(C)CC[C@H](O)[C@]4(C)C(=O)O[C@@H](C34)[C@H]3O[C@]213. The zero-order valence-electron chi connectivity index (χ0n) is 14.9. The van der Waals surface area contributed by atoms with Crippen molar-refractivity contribution in [1.29, 1.82) is 0 Å². The Morgan fingerprint density at radius 1 is 1.24 bits per heavy atom. The smallest absolute Gasteiger partial charge is 0.331 e. The quantitative estimate of drug-likeness (QED) is 0.569. The lowest BCUT2D eigenvalue weighted by Crippen LogP contribution is -2.63. The lowest BCUT2D eigenvalue weighted by molar-refractivity contribution is -0.157. The highest BCUT2D eigenvalue weighted by molar-refractivity contribution is 5.87. The van der Waals surface area contributed by atoms with Crippen LogP contribution in [0.5, 0.6) is 0 Å². The maximum atomic E-state index is 12.7. The molecule has 2 aliphatic carbocycles. The van der Waals surface area contributed by atoms with E-state index in [1.165, 1.54) is 0 Å². The van der Waals surface area contributed by atoms with Gasteiger partial charge in [0.15, 0.2) is 5.60 Å². The van der Waals surface area contributed by atoms with Crippen molar-refractivity contribution in [2.45, 2.75) is 70.6 Å². The fraction of sp³-hybridized carbons (Fsp3) is 0.789. The number of ether oxygens (including phenoxy) is 3. The first-order chi connectivity index (χ1) is 11.7. The van der Waals surface area contributed by atoms with Crippen molar-refractivity contribution in [3.8, 4) is 0 Å². The van der Waals surface area contributed by atoms with Gasteiger partial charge in [0.05, 0.1) is 11.5 Å². The van der Waals surface area contributed by atoms with Gasteiger partial charge in [-0.05, 0) is 36.7 Å². The number of cyclic esters (lactones) is 1. The maximum Gasteiger partial charge on any atom is 0.331 e. The zero-order valence-corrected chi connectivity index (χ0v) is 14.9. The molecular weight excluding hydrogens is 324 g/mol. The van der Waals surface area contributed by atoms with E-state index in [9.17, 15) is 14.7 Å². The Morgan fingerprint density at radius 3 is 2.64 bits per heavy atom. The van der Waals surface area contributed by atoms with Gasteiger partial charge in [-0.25, -0.2) is 4.79 Å². The number of epoxide rings is 1. The van der Waals surface area contributed by atoms with Crippen LogP contribution < -0.4 is 0 Å². The monoisotopic (exact) mass is 348 g/mol. The van der Waals surface area contributed by atoms with Crippen molar-refractivity contribution in [1.82, 2.24) is 0 Å². The minimum absolute atomic E-state index is 0.0930. The molecule has 0 aromatic rings. The second kappa shape index (κ2) is 4.29. The number of esters is 2. The molecule has 1 N–H and O–H groups in total. The van der Waals surface area contributed by atoms with Gasteiger partial charge in [0, 0.05) is 12.0 Å². The molecule has 6 heteroatoms. The standard InChI is InChI=1S/C19H24O6/c1-8(2)14-19-9(7-11(21)23-14)17(3)6-5-10(20)18(4)13(17)12(15(19)25-19)24-16(18)22/h7-8,10,12-15,20H,5-6H2,1-4H3/t10-,12-,13?,14+,15+,17?,18-,19+/m0/s1. The molecule has 136 valence electrons. The number of aliphatic hydroxyl groups excluding tert-OH is 1. The van der Waals surface area contributed by atoms with Gasteiger partial charge >= 0.3 is 11.9 Å². The van der Waals surface area contributed by atoms with Crippen LogP contribution >= 0.6 is 0 Å². The summed E-state index contributed by atoms with van der Waals surface area (Å²) in [7, 11) is 0. The van der Waals surface area contributed by atoms with Crippen molar-refractivity contribution in [3.63, 3.8) is 0 Å². The van der Waals surface area contributed by atoms with Gasteiger partial charge < -0.3 is 19.3 Å². The topological polar surface area (TPSA) is 85.4 Å². The van der Waals surface area contributed by atoms with E-state index in [2.05, 4.69) is 6.92 Å². The van der Waals surface area contributed by atoms with Crippen LogP contribution in [0.3, 0.4) is 0 Å². The normalized spacial score (nSPS) is 55.6. The molecule has 2 saturated carbocycles. The van der Waals surface area contributed by atoms with E-state index in [-0.39, 0.29) is 36.0 Å². The molecule has 8 atom stereocenters. The van der Waals surface area contributed by atoms with E-state index in [1.807, 2.05) is 13.8 Å². The number of aliphatic hydroxyl groups is 1. The van der Waals surface area contributed by atoms with Gasteiger partial charge in [0.1, 0.15) is 18.3 Å². The molecule has 3 aliphatic heterocycles. The van der Waals surface area contributed by atoms with Crippen molar-refractivity contribution in [3.05, 3.63) is 11.6 Å². The summed E-state index contributed by atoms with van der Waals surface area (Å²) in [5, 5.41) is 10.6. The molecule has 0 radical (unpaired) electrons. The predicted octanol–water partition coefficient (Wildman–Crippen LogP) is 1.35. The average Bonchev–Trinajstić information content (AvgIpc) is 3.20. The fourth-order valence-corrected chi connectivity index (χ4v) is 6.39. The minimum Gasteiger partial charge on any atom is -0.459 e. The molecule has 6 nitrogen and oxygen atoms in total. The summed E-state index contributed by atoms with van der Waals surface area (Å²) < 4.78 is 17.6. The van der Waals surface area contributed by atoms with E-state index in [0.29, 0.717) is 12.8 Å². The molecule has 0 amide bonds. The van der Waals surface area contributed by atoms with Crippen molar-refractivity contribution in [2.24, 2.45) is 22.7 Å². The molecule has 25 heavy (non-hydrogen) atoms. The summed E-state index contributed by atoms with van der Waals surface area (Å²) in [6.45, 7) is 7.92. The molecule has 3 heterocycles. The van der Waals surface area contributed by atoms with E-state index < -0.39 is 28.6 Å². The van der Waals surface area contributed by atoms with Crippen LogP contribution in [0.1, 0.15) is 40.5 Å². The fourth-order valence-electron chi connectivity index (χ4n) is 6.39. The van der Waals surface area contributed by atoms with Crippen LogP contribution in [0.15, 0.2) is 11.6 Å². The number of rotatable bonds is 1. The Balaban J connectivity index is 1.72. The molecule has 0 bridgehead atoms. The highest BCUT2D eigenvalue weighted by Crippen LogP contribution is 2.72. The zero-order chi connectivity index (χ0) is 17.9. The number of hydrogen-bond donors (Lipinski definition) is 1. The number of fused-ring (bicyclic) bond motifs is 2. The van der Waals surface area contributed by atoms with Crippen molar-refractivity contribution < 1.29 is 28.9 Å². The third-order valence-electron chi connectivity index (χ3n) is 7.53. The van der Waals surface area contributed by atoms with E-state index in [0.717, 1.165) is 5.57 Å². The van der Waals surface area contributed by atoms with Gasteiger partial charge in [-0.3, -0.25) is 4.79 Å². The molecule has 2 saturated heterocycles. The highest BCUT2D eigenvalue weighted by atomic mass is 16.7. The number of carbonyl (C=O) groups excluding carboxylic acids is 2. The van der Waals surface area contributed by atoms with Gasteiger partial charge in [0.2, 0.25) is 0 Å². The number of carbonyl (C=O) groups is 2. The van der Waals surface area contributed by atoms with E-state index in [1.54, 1.807) is 13.0 Å². The molecule has 5 rings (SSSR count). The first-order valence-corrected chi connectivity index (χ1v) is 9.17. The Bertz CT molecular complexity index is 727. The van der Waals surface area contributed by atoms with E-state index in [4.69, 9.17) is 14.2 Å². The summed E-state index contributed by atoms with van der Waals surface area (Å²) in [5.74, 6) is -0.789. The van der Waals surface area contributed by atoms with Gasteiger partial charge in [-0.2, -0.15) is 0 Å². The maximum absolute atomic E-state index is 12.7. The summed E-state index contributed by atoms with van der Waals surface area (Å²) in [4.78, 5) is 25.0. The summed E-state index contributed by atoms with van der Waals surface area (Å²) >= 11 is 0. The second-order valence-corrected chi connectivity index (χ2v) is 9.09. The molecule has 5 aliphatic rings. The molecule has 0 aromatic heterocycles. The van der Waals surface area contributed by atoms with Crippen LogP contribution in [0, 0.1) is 22.7 Å². The molecular formula is C19H24O6. The van der Waals surface area contributed by atoms with Gasteiger partial charge in [-0.15, -0.1) is 0 Å². The van der Waals surface area contributed by atoms with Crippen LogP contribution in [-0.4, -0.2) is 47.1 Å². The van der Waals surface area contributed by atoms with E-state index >= 15 is 0 Å². The Kier molecular flexibility index (Phi) is 2.71. The van der Waals surface area contributed by atoms with Crippen molar-refractivity contribution in [2.75, 3.05) is 0 Å². The lowest BCUT2D eigenvalue weighted by atomic mass is 9.46. The second-order valence-electron chi connectivity index (χ2n) is 9.09.